The van der Waals surface area contributed by atoms with E-state index < -0.39 is 0 Å². The first-order chi connectivity index (χ1) is 4.20. The molecule has 0 atom stereocenters. The second kappa shape index (κ2) is 1.89. The summed E-state index contributed by atoms with van der Waals surface area (Å²) in [4.78, 5) is 10.5. The molecule has 0 aliphatic rings. The maximum atomic E-state index is 10.5. The number of nitrogens with zero attached hydrogens (tertiary/aromatic N) is 1. The van der Waals surface area contributed by atoms with E-state index in [9.17, 15) is 4.79 Å². The predicted octanol–water partition coefficient (Wildman–Crippen LogP) is 0.459. The Hall–Kier alpha value is -1.32. The molecule has 1 heterocycles. The molecule has 4 nitrogen and oxygen atoms in total. The molecule has 0 amide bonds. The van der Waals surface area contributed by atoms with Crippen LogP contribution in [0.25, 0.3) is 0 Å². The molecule has 1 aromatic heterocycles. The summed E-state index contributed by atoms with van der Waals surface area (Å²) in [5, 5.41) is 3.37. The molecular formula is C5H6N2O2. The van der Waals surface area contributed by atoms with Gasteiger partial charge in [-0.05, 0) is 0 Å². The van der Waals surface area contributed by atoms with E-state index in [1.807, 2.05) is 0 Å². The van der Waals surface area contributed by atoms with Crippen molar-refractivity contribution in [2.75, 3.05) is 5.73 Å². The van der Waals surface area contributed by atoms with Crippen LogP contribution < -0.4 is 5.73 Å². The first-order valence-corrected chi connectivity index (χ1v) is 2.43. The molecule has 9 heavy (non-hydrogen) atoms. The van der Waals surface area contributed by atoms with Gasteiger partial charge in [-0.3, -0.25) is 4.79 Å². The number of nitrogen functional groups attached to an aromatic ring is 1. The maximum Gasteiger partial charge on any atom is 0.222 e. The summed E-state index contributed by atoms with van der Waals surface area (Å²) in [5.41, 5.74) is 5.41. The molecule has 0 aliphatic carbocycles. The van der Waals surface area contributed by atoms with Gasteiger partial charge in [0.2, 0.25) is 5.88 Å². The minimum Gasteiger partial charge on any atom is -0.368 e. The Kier molecular flexibility index (Phi) is 1.22. The summed E-state index contributed by atoms with van der Waals surface area (Å²) in [5.74, 6) is 0.0238. The van der Waals surface area contributed by atoms with Crippen LogP contribution in [0.1, 0.15) is 17.4 Å². The normalized spacial score (nSPS) is 9.44. The van der Waals surface area contributed by atoms with Crippen LogP contribution >= 0.6 is 0 Å². The van der Waals surface area contributed by atoms with E-state index in [2.05, 4.69) is 9.68 Å². The fraction of sp³-hybridized carbons (Fsp3) is 0.200. The molecule has 0 fully saturated rings. The van der Waals surface area contributed by atoms with Gasteiger partial charge in [0, 0.05) is 13.0 Å². The van der Waals surface area contributed by atoms with Crippen LogP contribution in [0.4, 0.5) is 5.88 Å². The molecule has 0 aliphatic heterocycles. The molecule has 0 saturated carbocycles. The van der Waals surface area contributed by atoms with E-state index in [-0.39, 0.29) is 17.4 Å². The number of Topliss-reactive ketones (excluding diaryl/α,β-unsaturated/α-hetero) is 1. The zero-order valence-electron chi connectivity index (χ0n) is 4.92. The van der Waals surface area contributed by atoms with Crippen molar-refractivity contribution in [1.82, 2.24) is 5.16 Å². The minimum atomic E-state index is -0.143. The molecule has 4 heteroatoms. The van der Waals surface area contributed by atoms with E-state index >= 15 is 0 Å². The van der Waals surface area contributed by atoms with E-state index in [0.717, 1.165) is 0 Å². The number of carbonyl (C=O) groups excluding carboxylic acids is 1. The molecule has 0 bridgehead atoms. The van der Waals surface area contributed by atoms with E-state index in [1.54, 1.807) is 0 Å². The van der Waals surface area contributed by atoms with Crippen LogP contribution in [-0.2, 0) is 0 Å². The van der Waals surface area contributed by atoms with Gasteiger partial charge in [0.05, 0.1) is 0 Å². The van der Waals surface area contributed by atoms with Crippen molar-refractivity contribution in [2.45, 2.75) is 6.92 Å². The third-order valence-electron chi connectivity index (χ3n) is 0.889. The van der Waals surface area contributed by atoms with Crippen LogP contribution in [0.2, 0.25) is 0 Å². The zero-order valence-corrected chi connectivity index (χ0v) is 4.92. The number of carbonyl (C=O) groups is 1. The molecule has 48 valence electrons. The Morgan fingerprint density at radius 1 is 1.89 bits per heavy atom. The first-order valence-electron chi connectivity index (χ1n) is 2.43. The average molecular weight is 126 g/mol. The second-order valence-corrected chi connectivity index (χ2v) is 1.67. The quantitative estimate of drug-likeness (QED) is 0.555. The fourth-order valence-electron chi connectivity index (χ4n) is 0.455. The van der Waals surface area contributed by atoms with Crippen LogP contribution in [0.3, 0.4) is 0 Å². The van der Waals surface area contributed by atoms with Gasteiger partial charge < -0.3 is 10.3 Å². The molecule has 0 radical (unpaired) electrons. The minimum absolute atomic E-state index is 0.143. The highest BCUT2D eigenvalue weighted by atomic mass is 16.5. The standard InChI is InChI=1S/C5H6N2O2/c1-3(8)4-2-5(6)9-7-4/h2H,6H2,1H3. The topological polar surface area (TPSA) is 69.1 Å². The summed E-state index contributed by atoms with van der Waals surface area (Å²) < 4.78 is 4.43. The maximum absolute atomic E-state index is 10.5. The summed E-state index contributed by atoms with van der Waals surface area (Å²) in [7, 11) is 0. The van der Waals surface area contributed by atoms with Crippen molar-refractivity contribution in [3.05, 3.63) is 11.8 Å². The zero-order chi connectivity index (χ0) is 6.85. The number of anilines is 1. The lowest BCUT2D eigenvalue weighted by Gasteiger charge is -1.76. The highest BCUT2D eigenvalue weighted by Gasteiger charge is 2.03. The monoisotopic (exact) mass is 126 g/mol. The molecule has 0 aromatic carbocycles. The fourth-order valence-corrected chi connectivity index (χ4v) is 0.455. The average Bonchev–Trinajstić information content (AvgIpc) is 2.14. The summed E-state index contributed by atoms with van der Waals surface area (Å²) in [6.45, 7) is 1.40. The first kappa shape index (κ1) is 5.81. The Balaban J connectivity index is 2.98. The lowest BCUT2D eigenvalue weighted by atomic mass is 10.3. The Morgan fingerprint density at radius 2 is 2.56 bits per heavy atom. The number of nitrogens with two attached hydrogens (primary N) is 1. The van der Waals surface area contributed by atoms with Crippen LogP contribution in [-0.4, -0.2) is 10.9 Å². The van der Waals surface area contributed by atoms with E-state index in [0.29, 0.717) is 0 Å². The Bertz CT molecular complexity index is 229. The van der Waals surface area contributed by atoms with Gasteiger partial charge in [-0.2, -0.15) is 0 Å². The van der Waals surface area contributed by atoms with Crippen molar-refractivity contribution in [3.8, 4) is 0 Å². The predicted molar refractivity (Wildman–Crippen MR) is 30.9 cm³/mol. The second-order valence-electron chi connectivity index (χ2n) is 1.67. The number of hydrogen-bond acceptors (Lipinski definition) is 4. The van der Waals surface area contributed by atoms with Gasteiger partial charge >= 0.3 is 0 Å². The SMILES string of the molecule is CC(=O)c1cc(N)on1. The lowest BCUT2D eigenvalue weighted by molar-refractivity contribution is 0.100. The van der Waals surface area contributed by atoms with Crippen molar-refractivity contribution >= 4 is 11.7 Å². The summed E-state index contributed by atoms with van der Waals surface area (Å²) in [6, 6.07) is 1.39. The largest absolute Gasteiger partial charge is 0.368 e. The van der Waals surface area contributed by atoms with Gasteiger partial charge in [0.1, 0.15) is 0 Å². The van der Waals surface area contributed by atoms with Gasteiger partial charge in [0.15, 0.2) is 11.5 Å². The number of rotatable bonds is 1. The summed E-state index contributed by atoms with van der Waals surface area (Å²) >= 11 is 0. The number of aromatic nitrogens is 1. The molecule has 1 aromatic rings. The van der Waals surface area contributed by atoms with Gasteiger partial charge in [-0.15, -0.1) is 0 Å². The molecule has 1 rings (SSSR count). The third kappa shape index (κ3) is 1.07. The highest BCUT2D eigenvalue weighted by Crippen LogP contribution is 2.03. The molecular weight excluding hydrogens is 120 g/mol. The van der Waals surface area contributed by atoms with Gasteiger partial charge in [-0.25, -0.2) is 0 Å². The third-order valence-corrected chi connectivity index (χ3v) is 0.889. The summed E-state index contributed by atoms with van der Waals surface area (Å²) in [6.07, 6.45) is 0. The van der Waals surface area contributed by atoms with Crippen molar-refractivity contribution < 1.29 is 9.32 Å². The van der Waals surface area contributed by atoms with Gasteiger partial charge in [-0.1, -0.05) is 5.16 Å². The highest BCUT2D eigenvalue weighted by molar-refractivity contribution is 5.92. The van der Waals surface area contributed by atoms with E-state index in [4.69, 9.17) is 5.73 Å². The number of hydrogen-bond donors (Lipinski definition) is 1. The molecule has 0 unspecified atom stereocenters. The van der Waals surface area contributed by atoms with Crippen molar-refractivity contribution in [1.29, 1.82) is 0 Å². The van der Waals surface area contributed by atoms with Crippen molar-refractivity contribution in [3.63, 3.8) is 0 Å². The molecule has 2 N–H and O–H groups in total. The smallest absolute Gasteiger partial charge is 0.222 e. The van der Waals surface area contributed by atoms with Crippen LogP contribution in [0.15, 0.2) is 10.6 Å². The Morgan fingerprint density at radius 3 is 2.78 bits per heavy atom. The van der Waals surface area contributed by atoms with Crippen LogP contribution in [0.5, 0.6) is 0 Å². The van der Waals surface area contributed by atoms with Crippen LogP contribution in [0, 0.1) is 0 Å². The lowest BCUT2D eigenvalue weighted by Crippen LogP contribution is -1.89. The van der Waals surface area contributed by atoms with Crippen molar-refractivity contribution in [2.24, 2.45) is 0 Å². The Labute approximate surface area is 51.6 Å². The molecule has 0 spiro atoms. The van der Waals surface area contributed by atoms with E-state index in [1.165, 1.54) is 13.0 Å². The molecule has 0 saturated heterocycles. The van der Waals surface area contributed by atoms with Gasteiger partial charge in [0.25, 0.3) is 0 Å². The number of ketones is 1.